The van der Waals surface area contributed by atoms with Crippen LogP contribution in [0, 0.1) is 0 Å². The first-order valence-electron chi connectivity index (χ1n) is 9.36. The number of fused-ring (bicyclic) bond motifs is 1. The minimum atomic E-state index is -4.87. The number of halogens is 3. The molecule has 0 radical (unpaired) electrons. The predicted octanol–water partition coefficient (Wildman–Crippen LogP) is 2.69. The van der Waals surface area contributed by atoms with Gasteiger partial charge in [-0.05, 0) is 25.1 Å². The number of nitrogens with zero attached hydrogens (tertiary/aromatic N) is 6. The van der Waals surface area contributed by atoms with Gasteiger partial charge < -0.3 is 15.6 Å². The van der Waals surface area contributed by atoms with Crippen LogP contribution in [0.4, 0.5) is 19.1 Å². The Labute approximate surface area is 179 Å². The molecule has 0 aliphatic heterocycles. The fourth-order valence-corrected chi connectivity index (χ4v) is 3.14. The predicted molar refractivity (Wildman–Crippen MR) is 108 cm³/mol. The van der Waals surface area contributed by atoms with Gasteiger partial charge in [-0.1, -0.05) is 23.4 Å². The van der Waals surface area contributed by atoms with Gasteiger partial charge in [-0.2, -0.15) is 13.2 Å². The van der Waals surface area contributed by atoms with Crippen molar-refractivity contribution in [1.82, 2.24) is 29.9 Å². The van der Waals surface area contributed by atoms with Gasteiger partial charge in [0.15, 0.2) is 5.60 Å². The lowest BCUT2D eigenvalue weighted by Gasteiger charge is -2.25. The molecule has 0 saturated heterocycles. The summed E-state index contributed by atoms with van der Waals surface area (Å²) in [6.07, 6.45) is -3.30. The van der Waals surface area contributed by atoms with Crippen molar-refractivity contribution in [2.24, 2.45) is 0 Å². The zero-order valence-corrected chi connectivity index (χ0v) is 17.0. The van der Waals surface area contributed by atoms with Crippen molar-refractivity contribution in [3.63, 3.8) is 0 Å². The Morgan fingerprint density at radius 2 is 1.84 bits per heavy atom. The van der Waals surface area contributed by atoms with Crippen molar-refractivity contribution in [3.05, 3.63) is 54.0 Å². The van der Waals surface area contributed by atoms with Gasteiger partial charge in [0.2, 0.25) is 5.95 Å². The summed E-state index contributed by atoms with van der Waals surface area (Å²) in [4.78, 5) is 12.4. The second kappa shape index (κ2) is 7.71. The highest BCUT2D eigenvalue weighted by Crippen LogP contribution is 2.37. The van der Waals surface area contributed by atoms with E-state index in [9.17, 15) is 18.3 Å². The number of hydrogen-bond acceptors (Lipinski definition) is 8. The van der Waals surface area contributed by atoms with E-state index in [1.54, 1.807) is 24.4 Å². The van der Waals surface area contributed by atoms with Gasteiger partial charge in [0.05, 0.1) is 31.2 Å². The molecule has 0 spiro atoms. The van der Waals surface area contributed by atoms with Gasteiger partial charge in [-0.25, -0.2) is 14.6 Å². The summed E-state index contributed by atoms with van der Waals surface area (Å²) in [6, 6.07) is 9.34. The normalized spacial score (nSPS) is 13.8. The zero-order valence-electron chi connectivity index (χ0n) is 17.0. The Morgan fingerprint density at radius 3 is 2.56 bits per heavy atom. The van der Waals surface area contributed by atoms with Gasteiger partial charge in [0.25, 0.3) is 0 Å². The minimum absolute atomic E-state index is 0.0234. The average molecular weight is 445 g/mol. The summed E-state index contributed by atoms with van der Waals surface area (Å²) in [7, 11) is 1.51. The lowest BCUT2D eigenvalue weighted by atomic mass is 10.0. The van der Waals surface area contributed by atoms with E-state index < -0.39 is 17.5 Å². The van der Waals surface area contributed by atoms with E-state index >= 15 is 0 Å². The molecule has 166 valence electrons. The SMILES string of the molecule is COc1cccc2c(-c3cn(Cc4cccc([C@@](C)(O)C(F)(F)F)n4)nn3)nc(N)nc12. The monoisotopic (exact) mass is 445 g/mol. The number of aliphatic hydroxyl groups is 1. The topological polar surface area (TPSA) is 125 Å². The number of methoxy groups -OCH3 is 1. The number of para-hydroxylation sites is 1. The third kappa shape index (κ3) is 3.80. The van der Waals surface area contributed by atoms with Gasteiger partial charge >= 0.3 is 6.18 Å². The summed E-state index contributed by atoms with van der Waals surface area (Å²) in [6.45, 7) is 0.683. The Morgan fingerprint density at radius 1 is 1.09 bits per heavy atom. The molecule has 12 heteroatoms. The molecule has 0 bridgehead atoms. The maximum absolute atomic E-state index is 13.1. The fourth-order valence-electron chi connectivity index (χ4n) is 3.14. The van der Waals surface area contributed by atoms with Gasteiger partial charge in [-0.15, -0.1) is 5.10 Å². The molecule has 1 atom stereocenters. The number of nitrogen functional groups attached to an aromatic ring is 1. The Kier molecular flexibility index (Phi) is 5.17. The van der Waals surface area contributed by atoms with E-state index in [1.807, 2.05) is 0 Å². The van der Waals surface area contributed by atoms with Crippen LogP contribution in [0.5, 0.6) is 5.75 Å². The van der Waals surface area contributed by atoms with E-state index in [4.69, 9.17) is 10.5 Å². The summed E-state index contributed by atoms with van der Waals surface area (Å²) in [5, 5.41) is 18.6. The van der Waals surface area contributed by atoms with Crippen molar-refractivity contribution in [2.45, 2.75) is 25.2 Å². The lowest BCUT2D eigenvalue weighted by Crippen LogP contribution is -2.40. The van der Waals surface area contributed by atoms with Gasteiger partial charge in [0, 0.05) is 5.39 Å². The number of anilines is 1. The van der Waals surface area contributed by atoms with Crippen molar-refractivity contribution >= 4 is 16.9 Å². The molecule has 32 heavy (non-hydrogen) atoms. The van der Waals surface area contributed by atoms with E-state index in [0.717, 1.165) is 6.07 Å². The highest BCUT2D eigenvalue weighted by Gasteiger charge is 2.52. The van der Waals surface area contributed by atoms with Crippen LogP contribution in [0.1, 0.15) is 18.3 Å². The number of pyridine rings is 1. The van der Waals surface area contributed by atoms with Crippen molar-refractivity contribution in [2.75, 3.05) is 12.8 Å². The molecule has 3 aromatic heterocycles. The number of rotatable bonds is 5. The van der Waals surface area contributed by atoms with Crippen molar-refractivity contribution in [3.8, 4) is 17.1 Å². The Bertz CT molecular complexity index is 1290. The molecule has 0 amide bonds. The third-order valence-electron chi connectivity index (χ3n) is 4.89. The van der Waals surface area contributed by atoms with E-state index in [2.05, 4.69) is 25.3 Å². The van der Waals surface area contributed by atoms with Crippen LogP contribution in [0.15, 0.2) is 42.6 Å². The maximum atomic E-state index is 13.1. The number of benzene rings is 1. The molecule has 4 aromatic rings. The van der Waals surface area contributed by atoms with Crippen LogP contribution in [0.2, 0.25) is 0 Å². The van der Waals surface area contributed by atoms with Crippen LogP contribution in [-0.4, -0.2) is 48.3 Å². The highest BCUT2D eigenvalue weighted by atomic mass is 19.4. The van der Waals surface area contributed by atoms with E-state index in [-0.39, 0.29) is 18.2 Å². The molecule has 9 nitrogen and oxygen atoms in total. The number of aromatic nitrogens is 6. The molecule has 0 aliphatic rings. The molecule has 3 N–H and O–H groups in total. The number of ether oxygens (including phenoxy) is 1. The quantitative estimate of drug-likeness (QED) is 0.480. The van der Waals surface area contributed by atoms with Crippen molar-refractivity contribution < 1.29 is 23.0 Å². The first-order chi connectivity index (χ1) is 15.1. The van der Waals surface area contributed by atoms with Gasteiger partial charge in [-0.3, -0.25) is 4.98 Å². The summed E-state index contributed by atoms with van der Waals surface area (Å²) < 4.78 is 46.1. The van der Waals surface area contributed by atoms with Crippen molar-refractivity contribution in [1.29, 1.82) is 0 Å². The lowest BCUT2D eigenvalue weighted by molar-refractivity contribution is -0.260. The third-order valence-corrected chi connectivity index (χ3v) is 4.89. The first-order valence-corrected chi connectivity index (χ1v) is 9.36. The van der Waals surface area contributed by atoms with E-state index in [0.29, 0.717) is 35.0 Å². The number of hydrogen-bond donors (Lipinski definition) is 2. The largest absolute Gasteiger partial charge is 0.494 e. The molecule has 0 aliphatic carbocycles. The Hall–Kier alpha value is -3.80. The highest BCUT2D eigenvalue weighted by molar-refractivity contribution is 5.95. The van der Waals surface area contributed by atoms with E-state index in [1.165, 1.54) is 23.9 Å². The molecule has 3 heterocycles. The summed E-state index contributed by atoms with van der Waals surface area (Å²) in [5.41, 5.74) is 3.85. The number of alkyl halides is 3. The molecule has 1 aromatic carbocycles. The first kappa shape index (κ1) is 21.4. The van der Waals surface area contributed by atoms with Gasteiger partial charge in [0.1, 0.15) is 22.7 Å². The molecule has 4 rings (SSSR count). The fraction of sp³-hybridized carbons (Fsp3) is 0.250. The van der Waals surface area contributed by atoms with Crippen LogP contribution in [0.25, 0.3) is 22.3 Å². The van der Waals surface area contributed by atoms with Crippen LogP contribution >= 0.6 is 0 Å². The summed E-state index contributed by atoms with van der Waals surface area (Å²) in [5.74, 6) is 0.540. The van der Waals surface area contributed by atoms with Crippen LogP contribution in [0.3, 0.4) is 0 Å². The summed E-state index contributed by atoms with van der Waals surface area (Å²) >= 11 is 0. The Balaban J connectivity index is 1.68. The zero-order chi connectivity index (χ0) is 23.1. The molecular weight excluding hydrogens is 427 g/mol. The van der Waals surface area contributed by atoms with Crippen LogP contribution in [-0.2, 0) is 12.1 Å². The average Bonchev–Trinajstić information content (AvgIpc) is 3.20. The molecule has 0 fully saturated rings. The second-order valence-corrected chi connectivity index (χ2v) is 7.17. The molecular formula is C20H18F3N7O2. The maximum Gasteiger partial charge on any atom is 0.422 e. The minimum Gasteiger partial charge on any atom is -0.494 e. The number of nitrogens with two attached hydrogens (primary N) is 1. The molecule has 0 unspecified atom stereocenters. The van der Waals surface area contributed by atoms with Crippen LogP contribution < -0.4 is 10.5 Å². The smallest absolute Gasteiger partial charge is 0.422 e. The second-order valence-electron chi connectivity index (χ2n) is 7.17. The standard InChI is InChI=1S/C20H18F3N7O2/c1-19(31,20(21,22)23)15-8-3-5-11(25-15)9-30-10-13(28-29-30)16-12-6-4-7-14(32-2)17(12)27-18(24)26-16/h3-8,10,31H,9H2,1-2H3,(H2,24,26,27)/t19-/m1/s1. The molecule has 0 saturated carbocycles.